The molecular formula is C29H34N6O5. The van der Waals surface area contributed by atoms with Crippen LogP contribution in [0.25, 0.3) is 10.9 Å². The first-order valence-electron chi connectivity index (χ1n) is 12.8. The number of ether oxygens (including phenoxy) is 3. The van der Waals surface area contributed by atoms with E-state index in [4.69, 9.17) is 14.2 Å². The number of anilines is 3. The molecule has 0 unspecified atom stereocenters. The van der Waals surface area contributed by atoms with Gasteiger partial charge >= 0.3 is 6.03 Å². The number of hydrogen-bond donors (Lipinski definition) is 4. The molecule has 40 heavy (non-hydrogen) atoms. The number of pyridine rings is 1. The predicted molar refractivity (Wildman–Crippen MR) is 155 cm³/mol. The second-order valence-electron chi connectivity index (χ2n) is 10.3. The summed E-state index contributed by atoms with van der Waals surface area (Å²) < 4.78 is 17.1. The van der Waals surface area contributed by atoms with Gasteiger partial charge in [-0.1, -0.05) is 20.8 Å². The van der Waals surface area contributed by atoms with E-state index in [1.165, 1.54) is 6.92 Å². The Kier molecular flexibility index (Phi) is 8.54. The standard InChI is InChI=1S/C29H34N6O5/c1-17-13-19(7-8-21(17)32-28(37)33-27-16-26(34-35-27)29(3,4)5)40-24-9-10-30-22-15-25(39-12-11-38-6)23(14-20(22)24)31-18(2)36/h7-10,13-16H,11-12H2,1-6H3,(H,31,36)(H3,32,33,34,35,37). The highest BCUT2D eigenvalue weighted by molar-refractivity contribution is 6.00. The number of aromatic amines is 1. The van der Waals surface area contributed by atoms with Crippen LogP contribution in [0.15, 0.2) is 48.7 Å². The summed E-state index contributed by atoms with van der Waals surface area (Å²) in [4.78, 5) is 28.8. The molecule has 0 fully saturated rings. The first kappa shape index (κ1) is 28.4. The van der Waals surface area contributed by atoms with Crippen LogP contribution in [0.5, 0.6) is 17.2 Å². The van der Waals surface area contributed by atoms with Gasteiger partial charge in [-0.15, -0.1) is 0 Å². The zero-order chi connectivity index (χ0) is 28.9. The maximum Gasteiger partial charge on any atom is 0.324 e. The number of nitrogens with zero attached hydrogens (tertiary/aromatic N) is 2. The molecule has 0 atom stereocenters. The number of methoxy groups -OCH3 is 1. The van der Waals surface area contributed by atoms with Gasteiger partial charge in [-0.25, -0.2) is 4.79 Å². The van der Waals surface area contributed by atoms with E-state index in [2.05, 4.69) is 31.1 Å². The van der Waals surface area contributed by atoms with Crippen LogP contribution in [0.3, 0.4) is 0 Å². The van der Waals surface area contributed by atoms with Crippen molar-refractivity contribution in [2.24, 2.45) is 0 Å². The second-order valence-corrected chi connectivity index (χ2v) is 10.3. The summed E-state index contributed by atoms with van der Waals surface area (Å²) in [5.74, 6) is 1.88. The summed E-state index contributed by atoms with van der Waals surface area (Å²) >= 11 is 0. The third-order valence-corrected chi connectivity index (χ3v) is 5.93. The minimum atomic E-state index is -0.393. The zero-order valence-electron chi connectivity index (χ0n) is 23.5. The molecule has 11 nitrogen and oxygen atoms in total. The van der Waals surface area contributed by atoms with Crippen LogP contribution in [-0.2, 0) is 14.9 Å². The molecule has 2 heterocycles. The topological polar surface area (TPSA) is 139 Å². The Bertz CT molecular complexity index is 1530. The van der Waals surface area contributed by atoms with Crippen molar-refractivity contribution in [1.29, 1.82) is 0 Å². The molecule has 0 aliphatic heterocycles. The van der Waals surface area contributed by atoms with Gasteiger partial charge in [0.1, 0.15) is 29.7 Å². The summed E-state index contributed by atoms with van der Waals surface area (Å²) in [6.07, 6.45) is 1.64. The Labute approximate surface area is 232 Å². The number of H-pyrrole nitrogens is 1. The number of nitrogens with one attached hydrogen (secondary N) is 4. The molecule has 2 aromatic heterocycles. The fraction of sp³-hybridized carbons (Fsp3) is 0.310. The number of carbonyl (C=O) groups is 2. The predicted octanol–water partition coefficient (Wildman–Crippen LogP) is 5.98. The van der Waals surface area contributed by atoms with Crippen molar-refractivity contribution in [1.82, 2.24) is 15.2 Å². The Balaban J connectivity index is 1.51. The molecule has 0 aliphatic rings. The molecule has 3 amide bonds. The monoisotopic (exact) mass is 546 g/mol. The van der Waals surface area contributed by atoms with Crippen LogP contribution in [0.1, 0.15) is 39.0 Å². The Morgan fingerprint density at radius 2 is 1.75 bits per heavy atom. The molecule has 4 N–H and O–H groups in total. The molecule has 2 aromatic carbocycles. The highest BCUT2D eigenvalue weighted by atomic mass is 16.5. The molecule has 0 saturated carbocycles. The highest BCUT2D eigenvalue weighted by Crippen LogP contribution is 2.36. The fourth-order valence-electron chi connectivity index (χ4n) is 3.89. The van der Waals surface area contributed by atoms with E-state index in [0.29, 0.717) is 58.6 Å². The van der Waals surface area contributed by atoms with Gasteiger partial charge < -0.3 is 24.8 Å². The molecule has 0 aliphatic carbocycles. The van der Waals surface area contributed by atoms with Gasteiger partial charge in [-0.05, 0) is 42.8 Å². The van der Waals surface area contributed by atoms with Crippen molar-refractivity contribution >= 4 is 40.0 Å². The minimum absolute atomic E-state index is 0.134. The second kappa shape index (κ2) is 12.0. The third-order valence-electron chi connectivity index (χ3n) is 5.93. The lowest BCUT2D eigenvalue weighted by molar-refractivity contribution is -0.114. The van der Waals surface area contributed by atoms with Crippen LogP contribution >= 0.6 is 0 Å². The average molecular weight is 547 g/mol. The van der Waals surface area contributed by atoms with Gasteiger partial charge in [-0.2, -0.15) is 5.10 Å². The molecule has 4 aromatic rings. The number of hydrogen-bond acceptors (Lipinski definition) is 7. The first-order chi connectivity index (χ1) is 19.0. The molecular weight excluding hydrogens is 512 g/mol. The van der Waals surface area contributed by atoms with Crippen molar-refractivity contribution in [2.75, 3.05) is 36.3 Å². The number of rotatable bonds is 9. The van der Waals surface area contributed by atoms with Crippen molar-refractivity contribution in [3.63, 3.8) is 0 Å². The molecule has 11 heteroatoms. The minimum Gasteiger partial charge on any atom is -0.489 e. The summed E-state index contributed by atoms with van der Waals surface area (Å²) in [5.41, 5.74) is 3.29. The van der Waals surface area contributed by atoms with Gasteiger partial charge in [0.25, 0.3) is 0 Å². The van der Waals surface area contributed by atoms with E-state index in [0.717, 1.165) is 11.3 Å². The lowest BCUT2D eigenvalue weighted by atomic mass is 9.92. The van der Waals surface area contributed by atoms with E-state index < -0.39 is 6.03 Å². The number of amides is 3. The third kappa shape index (κ3) is 7.06. The fourth-order valence-corrected chi connectivity index (χ4v) is 3.89. The number of aromatic nitrogens is 3. The van der Waals surface area contributed by atoms with Crippen LogP contribution in [0.4, 0.5) is 22.0 Å². The Morgan fingerprint density at radius 1 is 0.950 bits per heavy atom. The van der Waals surface area contributed by atoms with Crippen LogP contribution in [0, 0.1) is 6.92 Å². The normalized spacial score (nSPS) is 11.2. The number of carbonyl (C=O) groups excluding carboxylic acids is 2. The van der Waals surface area contributed by atoms with Crippen molar-refractivity contribution in [3.05, 3.63) is 59.9 Å². The summed E-state index contributed by atoms with van der Waals surface area (Å²) in [6.45, 7) is 10.2. The van der Waals surface area contributed by atoms with E-state index in [1.54, 1.807) is 43.6 Å². The summed E-state index contributed by atoms with van der Waals surface area (Å²) in [5, 5.41) is 16.2. The Morgan fingerprint density at radius 3 is 2.42 bits per heavy atom. The van der Waals surface area contributed by atoms with E-state index in [9.17, 15) is 9.59 Å². The van der Waals surface area contributed by atoms with E-state index in [-0.39, 0.29) is 11.3 Å². The largest absolute Gasteiger partial charge is 0.489 e. The highest BCUT2D eigenvalue weighted by Gasteiger charge is 2.18. The van der Waals surface area contributed by atoms with Gasteiger partial charge in [0.15, 0.2) is 0 Å². The number of benzene rings is 2. The zero-order valence-corrected chi connectivity index (χ0v) is 23.5. The smallest absolute Gasteiger partial charge is 0.324 e. The van der Waals surface area contributed by atoms with Crippen molar-refractivity contribution in [2.45, 2.75) is 40.0 Å². The Hall–Kier alpha value is -4.64. The van der Waals surface area contributed by atoms with E-state index in [1.807, 2.05) is 39.8 Å². The van der Waals surface area contributed by atoms with E-state index >= 15 is 0 Å². The number of fused-ring (bicyclic) bond motifs is 1. The molecule has 0 spiro atoms. The summed E-state index contributed by atoms with van der Waals surface area (Å²) in [7, 11) is 1.59. The molecule has 0 saturated heterocycles. The van der Waals surface area contributed by atoms with Gasteiger partial charge in [0, 0.05) is 48.9 Å². The lowest BCUT2D eigenvalue weighted by Crippen LogP contribution is -2.20. The number of aryl methyl sites for hydroxylation is 1. The maximum atomic E-state index is 12.6. The van der Waals surface area contributed by atoms with Gasteiger partial charge in [0.05, 0.1) is 23.5 Å². The quantitative estimate of drug-likeness (QED) is 0.189. The van der Waals surface area contributed by atoms with Crippen LogP contribution in [-0.4, -0.2) is 47.4 Å². The first-order valence-corrected chi connectivity index (χ1v) is 12.8. The molecule has 0 bridgehead atoms. The molecule has 210 valence electrons. The molecule has 0 radical (unpaired) electrons. The van der Waals surface area contributed by atoms with Crippen molar-refractivity contribution in [3.8, 4) is 17.2 Å². The maximum absolute atomic E-state index is 12.6. The van der Waals surface area contributed by atoms with Crippen LogP contribution < -0.4 is 25.4 Å². The van der Waals surface area contributed by atoms with Crippen molar-refractivity contribution < 1.29 is 23.8 Å². The number of urea groups is 1. The average Bonchev–Trinajstić information content (AvgIpc) is 3.35. The SMILES string of the molecule is COCCOc1cc2nccc(Oc3ccc(NC(=O)Nc4cc(C(C)(C)C)n[nH]4)c(C)c3)c2cc1NC(C)=O. The van der Waals surface area contributed by atoms with Crippen LogP contribution in [0.2, 0.25) is 0 Å². The molecule has 4 rings (SSSR count). The summed E-state index contributed by atoms with van der Waals surface area (Å²) in [6, 6.07) is 12.1. The van der Waals surface area contributed by atoms with Gasteiger partial charge in [-0.3, -0.25) is 20.2 Å². The van der Waals surface area contributed by atoms with Gasteiger partial charge in [0.2, 0.25) is 5.91 Å². The lowest BCUT2D eigenvalue weighted by Gasteiger charge is -2.15.